The molecule has 2 aromatic rings. The van der Waals surface area contributed by atoms with E-state index in [9.17, 15) is 22.5 Å². The maximum absolute atomic E-state index is 13.2. The van der Waals surface area contributed by atoms with Crippen LogP contribution in [0.3, 0.4) is 0 Å². The molecule has 0 amide bonds. The van der Waals surface area contributed by atoms with Crippen molar-refractivity contribution in [3.63, 3.8) is 0 Å². The molecule has 0 bridgehead atoms. The van der Waals surface area contributed by atoms with E-state index < -0.39 is 39.4 Å². The highest BCUT2D eigenvalue weighted by molar-refractivity contribution is 7.99. The summed E-state index contributed by atoms with van der Waals surface area (Å²) in [5.74, 6) is -0.517. The molecule has 0 aliphatic heterocycles. The number of benzene rings is 1. The monoisotopic (exact) mass is 417 g/mol. The molecule has 1 heterocycles. The fraction of sp³-hybridized carbons (Fsp3) is 0.353. The average molecular weight is 417 g/mol. The predicted octanol–water partition coefficient (Wildman–Crippen LogP) is 2.76. The Morgan fingerprint density at radius 3 is 2.36 bits per heavy atom. The molecule has 0 aliphatic carbocycles. The molecule has 1 aromatic carbocycles. The van der Waals surface area contributed by atoms with Crippen molar-refractivity contribution in [2.45, 2.75) is 44.0 Å². The van der Waals surface area contributed by atoms with Gasteiger partial charge >= 0.3 is 6.18 Å². The Bertz CT molecular complexity index is 939. The molecule has 154 valence electrons. The summed E-state index contributed by atoms with van der Waals surface area (Å²) in [4.78, 5) is 8.02. The summed E-state index contributed by atoms with van der Waals surface area (Å²) in [5, 5.41) is 22.0. The smallest absolute Gasteiger partial charge is 0.391 e. The van der Waals surface area contributed by atoms with Gasteiger partial charge in [0.15, 0.2) is 0 Å². The fourth-order valence-electron chi connectivity index (χ4n) is 2.11. The maximum Gasteiger partial charge on any atom is 0.421 e. The van der Waals surface area contributed by atoms with Gasteiger partial charge in [-0.05, 0) is 50.4 Å². The molecule has 1 aromatic heterocycles. The van der Waals surface area contributed by atoms with Crippen LogP contribution in [-0.2, 0) is 15.9 Å². The second-order valence-corrected chi connectivity index (χ2v) is 8.40. The van der Waals surface area contributed by atoms with Crippen molar-refractivity contribution in [1.82, 2.24) is 9.97 Å². The van der Waals surface area contributed by atoms with Crippen molar-refractivity contribution in [1.29, 1.82) is 0 Å². The molecule has 0 fully saturated rings. The van der Waals surface area contributed by atoms with Crippen LogP contribution in [0.4, 0.5) is 30.6 Å². The van der Waals surface area contributed by atoms with E-state index >= 15 is 0 Å². The van der Waals surface area contributed by atoms with Gasteiger partial charge in [0.25, 0.3) is 0 Å². The zero-order valence-corrected chi connectivity index (χ0v) is 16.3. The second kappa shape index (κ2) is 8.33. The zero-order valence-electron chi connectivity index (χ0n) is 15.5. The second-order valence-electron chi connectivity index (χ2n) is 6.16. The van der Waals surface area contributed by atoms with Crippen LogP contribution in [0.25, 0.3) is 0 Å². The molecule has 3 atom stereocenters. The molecule has 5 N–H and O–H groups in total. The summed E-state index contributed by atoms with van der Waals surface area (Å²) in [7, 11) is -2.73. The van der Waals surface area contributed by atoms with Gasteiger partial charge in [-0.3, -0.25) is 5.14 Å². The van der Waals surface area contributed by atoms with Gasteiger partial charge in [-0.1, -0.05) is 0 Å². The van der Waals surface area contributed by atoms with Crippen molar-refractivity contribution >= 4 is 32.5 Å². The van der Waals surface area contributed by atoms with E-state index in [-0.39, 0.29) is 5.95 Å². The van der Waals surface area contributed by atoms with Crippen molar-refractivity contribution in [3.05, 3.63) is 36.0 Å². The Labute approximate surface area is 161 Å². The van der Waals surface area contributed by atoms with E-state index in [2.05, 4.69) is 20.6 Å². The Morgan fingerprint density at radius 2 is 1.86 bits per heavy atom. The lowest BCUT2D eigenvalue weighted by Gasteiger charge is -2.20. The van der Waals surface area contributed by atoms with Gasteiger partial charge in [-0.25, -0.2) is 9.19 Å². The molecule has 0 radical (unpaired) electrons. The average Bonchev–Trinajstić information content (AvgIpc) is 2.61. The third kappa shape index (κ3) is 5.33. The normalized spacial score (nSPS) is 16.0. The van der Waals surface area contributed by atoms with Crippen molar-refractivity contribution in [2.24, 2.45) is 5.14 Å². The SMILES string of the molecule is CC=S(N)(=O)c1ccc(Nc2ncc(C(F)(F)F)c(NC(C)C(C)O)n2)cc1. The number of hydrogen-bond acceptors (Lipinski definition) is 6. The Hall–Kier alpha value is -2.37. The minimum absolute atomic E-state index is 0.0726. The molecular weight excluding hydrogens is 395 g/mol. The van der Waals surface area contributed by atoms with Crippen molar-refractivity contribution in [2.75, 3.05) is 10.6 Å². The van der Waals surface area contributed by atoms with Crippen LogP contribution in [0.1, 0.15) is 26.3 Å². The van der Waals surface area contributed by atoms with Gasteiger partial charge in [0.1, 0.15) is 11.4 Å². The van der Waals surface area contributed by atoms with Crippen LogP contribution in [0, 0.1) is 0 Å². The minimum Gasteiger partial charge on any atom is -0.391 e. The number of rotatable bonds is 6. The number of nitrogens with zero attached hydrogens (tertiary/aromatic N) is 2. The highest BCUT2D eigenvalue weighted by Crippen LogP contribution is 2.34. The van der Waals surface area contributed by atoms with Gasteiger partial charge in [0.2, 0.25) is 5.95 Å². The molecule has 0 spiro atoms. The van der Waals surface area contributed by atoms with Crippen LogP contribution in [0.15, 0.2) is 35.4 Å². The summed E-state index contributed by atoms with van der Waals surface area (Å²) in [6.07, 6.45) is -4.88. The molecular formula is C17H22F3N5O2S. The quantitative estimate of drug-likeness (QED) is 0.538. The Kier molecular flexibility index (Phi) is 6.52. The summed E-state index contributed by atoms with van der Waals surface area (Å²) in [6, 6.07) is 5.56. The van der Waals surface area contributed by atoms with Crippen LogP contribution in [0.5, 0.6) is 0 Å². The predicted molar refractivity (Wildman–Crippen MR) is 104 cm³/mol. The fourth-order valence-corrected chi connectivity index (χ4v) is 2.95. The first-order valence-electron chi connectivity index (χ1n) is 8.31. The molecule has 7 nitrogen and oxygen atoms in total. The van der Waals surface area contributed by atoms with E-state index in [0.717, 1.165) is 0 Å². The number of halogens is 3. The van der Waals surface area contributed by atoms with Gasteiger partial charge in [-0.15, -0.1) is 0 Å². The third-order valence-corrected chi connectivity index (χ3v) is 5.72. The number of alkyl halides is 3. The summed E-state index contributed by atoms with van der Waals surface area (Å²) in [6.45, 7) is 4.58. The van der Waals surface area contributed by atoms with E-state index in [1.54, 1.807) is 31.2 Å². The minimum atomic E-state index is -4.65. The number of aromatic nitrogens is 2. The number of nitrogens with two attached hydrogens (primary N) is 1. The summed E-state index contributed by atoms with van der Waals surface area (Å²) >= 11 is 0. The first-order chi connectivity index (χ1) is 12.9. The summed E-state index contributed by atoms with van der Waals surface area (Å²) in [5.41, 5.74) is -0.563. The first kappa shape index (κ1) is 21.9. The van der Waals surface area contributed by atoms with Gasteiger partial charge in [-0.2, -0.15) is 18.2 Å². The van der Waals surface area contributed by atoms with E-state index in [0.29, 0.717) is 16.8 Å². The van der Waals surface area contributed by atoms with Crippen LogP contribution >= 0.6 is 0 Å². The van der Waals surface area contributed by atoms with Gasteiger partial charge < -0.3 is 15.7 Å². The lowest BCUT2D eigenvalue weighted by Crippen LogP contribution is -2.29. The van der Waals surface area contributed by atoms with Gasteiger partial charge in [0.05, 0.1) is 21.9 Å². The lowest BCUT2D eigenvalue weighted by atomic mass is 10.2. The molecule has 2 rings (SSSR count). The third-order valence-electron chi connectivity index (χ3n) is 4.01. The summed E-state index contributed by atoms with van der Waals surface area (Å²) < 4.78 is 51.7. The highest BCUT2D eigenvalue weighted by Gasteiger charge is 2.35. The van der Waals surface area contributed by atoms with Crippen LogP contribution < -0.4 is 15.8 Å². The highest BCUT2D eigenvalue weighted by atomic mass is 32.2. The van der Waals surface area contributed by atoms with Crippen LogP contribution in [0.2, 0.25) is 0 Å². The molecule has 0 saturated heterocycles. The van der Waals surface area contributed by atoms with Crippen molar-refractivity contribution in [3.8, 4) is 0 Å². The standard InChI is InChI=1S/C17H22F3N5O2S/c1-4-28(21,27)13-7-5-12(6-8-13)24-16-22-9-14(17(18,19)20)15(25-16)23-10(2)11(3)26/h4-11,26H,1-3H3,(H2,21,27)(H2,22,23,24,25). The molecule has 0 aliphatic rings. The lowest BCUT2D eigenvalue weighted by molar-refractivity contribution is -0.137. The largest absolute Gasteiger partial charge is 0.421 e. The maximum atomic E-state index is 13.2. The number of aliphatic hydroxyl groups excluding tert-OH is 1. The van der Waals surface area contributed by atoms with E-state index in [1.807, 2.05) is 0 Å². The topological polar surface area (TPSA) is 113 Å². The van der Waals surface area contributed by atoms with Crippen molar-refractivity contribution < 1.29 is 22.5 Å². The van der Waals surface area contributed by atoms with E-state index in [1.165, 1.54) is 19.2 Å². The number of nitrogens with one attached hydrogen (secondary N) is 2. The Balaban J connectivity index is 2.32. The van der Waals surface area contributed by atoms with E-state index in [4.69, 9.17) is 5.14 Å². The molecule has 0 saturated carbocycles. The number of anilines is 3. The number of aliphatic hydroxyl groups is 1. The molecule has 3 unspecified atom stereocenters. The Morgan fingerprint density at radius 1 is 1.25 bits per heavy atom. The molecule has 11 heteroatoms. The zero-order chi connectivity index (χ0) is 21.1. The first-order valence-corrected chi connectivity index (χ1v) is 9.99. The van der Waals surface area contributed by atoms with Gasteiger partial charge in [0, 0.05) is 16.8 Å². The molecule has 28 heavy (non-hydrogen) atoms. The number of hydrogen-bond donors (Lipinski definition) is 4. The van der Waals surface area contributed by atoms with Crippen LogP contribution in [-0.4, -0.2) is 36.8 Å².